The third-order valence-electron chi connectivity index (χ3n) is 1.76. The van der Waals surface area contributed by atoms with Crippen LogP contribution in [0.15, 0.2) is 0 Å². The van der Waals surface area contributed by atoms with Crippen LogP contribution in [0.5, 0.6) is 0 Å². The molecule has 0 rings (SSSR count). The first-order chi connectivity index (χ1) is 7.49. The third kappa shape index (κ3) is 14.5. The number of hydrogen-bond donors (Lipinski definition) is 2. The number of unbranched alkanes of at least 4 members (excludes halogenated alkanes) is 1. The predicted octanol–water partition coefficient (Wildman–Crippen LogP) is 3.56. The van der Waals surface area contributed by atoms with Crippen molar-refractivity contribution in [2.24, 2.45) is 0 Å². The second-order valence-corrected chi connectivity index (χ2v) is 5.12. The Bertz CT molecular complexity index is 195. The highest BCUT2D eigenvalue weighted by Gasteiger charge is 1.96. The lowest BCUT2D eigenvalue weighted by Crippen LogP contribution is -2.24. The molecule has 0 radical (unpaired) electrons. The molecule has 0 aliphatic heterocycles. The van der Waals surface area contributed by atoms with Crippen molar-refractivity contribution in [3.8, 4) is 0 Å². The van der Waals surface area contributed by atoms with Crippen LogP contribution in [0.1, 0.15) is 33.6 Å². The highest BCUT2D eigenvalue weighted by molar-refractivity contribution is 8.11. The average Bonchev–Trinajstić information content (AvgIpc) is 2.20. The Kier molecular flexibility index (Phi) is 15.9. The summed E-state index contributed by atoms with van der Waals surface area (Å²) in [5.41, 5.74) is 0. The van der Waals surface area contributed by atoms with Gasteiger partial charge in [-0.05, 0) is 32.5 Å². The Morgan fingerprint density at radius 3 is 1.81 bits per heavy atom. The molecule has 0 bridgehead atoms. The van der Waals surface area contributed by atoms with Gasteiger partial charge in [-0.2, -0.15) is 0 Å². The van der Waals surface area contributed by atoms with E-state index in [1.165, 1.54) is 0 Å². The van der Waals surface area contributed by atoms with Crippen LogP contribution >= 0.6 is 49.7 Å². The maximum atomic E-state index is 4.88. The standard InChI is InChI=1S/C5H11NS2.C5H10OS2/c1-3-6(4-2)5(7)8;1-2-3-4-6-5(7)8/h3-4H2,1-2H3,(H,7,8);2-4H2,1H3,(H,7,8). The summed E-state index contributed by atoms with van der Waals surface area (Å²) in [6, 6.07) is 0. The molecule has 0 aliphatic rings. The monoisotopic (exact) mass is 299 g/mol. The molecule has 0 heterocycles. The molecule has 0 aromatic carbocycles. The average molecular weight is 300 g/mol. The summed E-state index contributed by atoms with van der Waals surface area (Å²) in [4.78, 5) is 2.01. The van der Waals surface area contributed by atoms with Gasteiger partial charge in [-0.3, -0.25) is 0 Å². The van der Waals surface area contributed by atoms with Crippen molar-refractivity contribution >= 4 is 58.4 Å². The second kappa shape index (κ2) is 13.5. The van der Waals surface area contributed by atoms with Crippen molar-refractivity contribution < 1.29 is 4.74 Å². The zero-order valence-electron chi connectivity index (χ0n) is 10.1. The number of hydrogen-bond acceptors (Lipinski definition) is 3. The van der Waals surface area contributed by atoms with Gasteiger partial charge in [0, 0.05) is 13.1 Å². The van der Waals surface area contributed by atoms with Gasteiger partial charge in [0.2, 0.25) is 4.38 Å². The Hall–Kier alpha value is 0.480. The van der Waals surface area contributed by atoms with Gasteiger partial charge in [-0.15, -0.1) is 12.6 Å². The summed E-state index contributed by atoms with van der Waals surface area (Å²) in [6.45, 7) is 8.85. The van der Waals surface area contributed by atoms with Gasteiger partial charge < -0.3 is 9.64 Å². The predicted molar refractivity (Wildman–Crippen MR) is 86.9 cm³/mol. The van der Waals surface area contributed by atoms with E-state index >= 15 is 0 Å². The molecule has 0 aromatic rings. The molecule has 0 fully saturated rings. The Morgan fingerprint density at radius 1 is 1.12 bits per heavy atom. The van der Waals surface area contributed by atoms with Crippen LogP contribution in [-0.4, -0.2) is 33.3 Å². The Balaban J connectivity index is 0. The minimum atomic E-state index is 0.346. The topological polar surface area (TPSA) is 12.5 Å². The molecule has 0 saturated carbocycles. The summed E-state index contributed by atoms with van der Waals surface area (Å²) in [5, 5.41) is 0. The van der Waals surface area contributed by atoms with Crippen LogP contribution in [0.2, 0.25) is 0 Å². The lowest BCUT2D eigenvalue weighted by Gasteiger charge is -2.16. The van der Waals surface area contributed by atoms with Gasteiger partial charge in [-0.1, -0.05) is 38.2 Å². The van der Waals surface area contributed by atoms with Crippen LogP contribution in [0.3, 0.4) is 0 Å². The van der Waals surface area contributed by atoms with Gasteiger partial charge in [0.25, 0.3) is 0 Å². The molecule has 96 valence electrons. The van der Waals surface area contributed by atoms with Gasteiger partial charge in [-0.25, -0.2) is 0 Å². The summed E-state index contributed by atoms with van der Waals surface area (Å²) in [7, 11) is 0. The van der Waals surface area contributed by atoms with E-state index in [9.17, 15) is 0 Å². The molecule has 6 heteroatoms. The van der Waals surface area contributed by atoms with Crippen LogP contribution in [0, 0.1) is 0 Å². The van der Waals surface area contributed by atoms with Gasteiger partial charge in [0.1, 0.15) is 4.32 Å². The minimum absolute atomic E-state index is 0.346. The molecule has 0 aliphatic carbocycles. The van der Waals surface area contributed by atoms with E-state index in [4.69, 9.17) is 17.0 Å². The lowest BCUT2D eigenvalue weighted by molar-refractivity contribution is 0.313. The number of nitrogens with zero attached hydrogens (tertiary/aromatic N) is 1. The number of thiol groups is 2. The van der Waals surface area contributed by atoms with E-state index in [0.29, 0.717) is 15.3 Å². The van der Waals surface area contributed by atoms with Gasteiger partial charge in [0.05, 0.1) is 6.61 Å². The Morgan fingerprint density at radius 2 is 1.62 bits per heavy atom. The summed E-state index contributed by atoms with van der Waals surface area (Å²) < 4.78 is 5.91. The maximum absolute atomic E-state index is 4.88. The van der Waals surface area contributed by atoms with E-state index < -0.39 is 0 Å². The number of ether oxygens (including phenoxy) is 1. The van der Waals surface area contributed by atoms with E-state index in [-0.39, 0.29) is 0 Å². The van der Waals surface area contributed by atoms with Gasteiger partial charge in [0.15, 0.2) is 0 Å². The molecule has 16 heavy (non-hydrogen) atoms. The zero-order chi connectivity index (χ0) is 13.0. The summed E-state index contributed by atoms with van der Waals surface area (Å²) >= 11 is 17.1. The fourth-order valence-corrected chi connectivity index (χ4v) is 1.51. The van der Waals surface area contributed by atoms with Crippen molar-refractivity contribution in [2.75, 3.05) is 19.7 Å². The maximum Gasteiger partial charge on any atom is 0.216 e. The molecule has 0 unspecified atom stereocenters. The highest BCUT2D eigenvalue weighted by atomic mass is 32.1. The highest BCUT2D eigenvalue weighted by Crippen LogP contribution is 1.93. The fourth-order valence-electron chi connectivity index (χ4n) is 0.798. The molecule has 0 atom stereocenters. The van der Waals surface area contributed by atoms with Crippen LogP contribution < -0.4 is 0 Å². The van der Waals surface area contributed by atoms with Crippen LogP contribution in [0.4, 0.5) is 0 Å². The quantitative estimate of drug-likeness (QED) is 0.457. The molecule has 0 aromatic heterocycles. The summed E-state index contributed by atoms with van der Waals surface area (Å²) in [5.74, 6) is 0. The van der Waals surface area contributed by atoms with Crippen LogP contribution in [0.25, 0.3) is 0 Å². The lowest BCUT2D eigenvalue weighted by atomic mass is 10.4. The largest absolute Gasteiger partial charge is 0.479 e. The molecule has 0 saturated heterocycles. The molecule has 0 amide bonds. The SMILES string of the molecule is CCCCOC(=S)S.CCN(CC)C(=S)S. The number of thiocarbonyl (C=S) groups is 2. The Labute approximate surface area is 121 Å². The van der Waals surface area contributed by atoms with E-state index in [0.717, 1.165) is 25.9 Å². The van der Waals surface area contributed by atoms with Crippen LogP contribution in [-0.2, 0) is 4.74 Å². The molecular weight excluding hydrogens is 278 g/mol. The first-order valence-corrected chi connectivity index (χ1v) is 7.04. The normalized spacial score (nSPS) is 8.81. The van der Waals surface area contributed by atoms with E-state index in [2.05, 4.69) is 58.2 Å². The van der Waals surface area contributed by atoms with Crippen molar-refractivity contribution in [3.63, 3.8) is 0 Å². The molecule has 0 spiro atoms. The van der Waals surface area contributed by atoms with Crippen molar-refractivity contribution in [1.82, 2.24) is 4.90 Å². The van der Waals surface area contributed by atoms with Crippen molar-refractivity contribution in [3.05, 3.63) is 0 Å². The first kappa shape index (κ1) is 18.8. The zero-order valence-corrected chi connectivity index (χ0v) is 13.5. The van der Waals surface area contributed by atoms with Crippen molar-refractivity contribution in [1.29, 1.82) is 0 Å². The number of rotatable bonds is 5. The third-order valence-corrected chi connectivity index (χ3v) is 2.55. The molecule has 0 N–H and O–H groups in total. The second-order valence-electron chi connectivity index (χ2n) is 2.92. The molecule has 2 nitrogen and oxygen atoms in total. The summed E-state index contributed by atoms with van der Waals surface area (Å²) in [6.07, 6.45) is 2.19. The minimum Gasteiger partial charge on any atom is -0.479 e. The van der Waals surface area contributed by atoms with Gasteiger partial charge >= 0.3 is 0 Å². The fraction of sp³-hybridized carbons (Fsp3) is 0.800. The van der Waals surface area contributed by atoms with Crippen molar-refractivity contribution in [2.45, 2.75) is 33.6 Å². The molecular formula is C10H21NOS4. The smallest absolute Gasteiger partial charge is 0.216 e. The van der Waals surface area contributed by atoms with E-state index in [1.807, 2.05) is 4.90 Å². The van der Waals surface area contributed by atoms with E-state index in [1.54, 1.807) is 0 Å². The first-order valence-electron chi connectivity index (χ1n) is 5.33.